The minimum absolute atomic E-state index is 0. The topological polar surface area (TPSA) is 0 Å². The van der Waals surface area contributed by atoms with E-state index in [1.54, 1.807) is 0 Å². The van der Waals surface area contributed by atoms with Gasteiger partial charge in [0, 0.05) is 32.3 Å². The van der Waals surface area contributed by atoms with Crippen LogP contribution in [0, 0.1) is 0 Å². The van der Waals surface area contributed by atoms with Crippen LogP contribution in [0.3, 0.4) is 0 Å². The second-order valence-electron chi connectivity index (χ2n) is 3.30. The number of hydrogen-bond donors (Lipinski definition) is 0. The van der Waals surface area contributed by atoms with Gasteiger partial charge >= 0.3 is 0 Å². The van der Waals surface area contributed by atoms with Crippen LogP contribution in [0.2, 0.25) is 0 Å². The Hall–Kier alpha value is 0.310. The monoisotopic (exact) mass is 304 g/mol. The van der Waals surface area contributed by atoms with Gasteiger partial charge in [0.1, 0.15) is 5.70 Å². The molecule has 0 bridgehead atoms. The molecular weight excluding hydrogens is 289 g/mol. The predicted octanol–water partition coefficient (Wildman–Crippen LogP) is 1.53. The van der Waals surface area contributed by atoms with Crippen LogP contribution in [0.25, 0.3) is 0 Å². The van der Waals surface area contributed by atoms with Gasteiger partial charge in [-0.2, -0.15) is 0 Å². The molecule has 0 aromatic heterocycles. The maximum absolute atomic E-state index is 2.19. The third-order valence-electron chi connectivity index (χ3n) is 1.61. The van der Waals surface area contributed by atoms with Crippen molar-refractivity contribution in [2.45, 2.75) is 6.42 Å². The standard InChI is InChI=1S/C8H14N.Hf/c1-9(2,3)8-6-4-5-7-8;/h4-6H,7H2,1-3H3;/q+1;. The Morgan fingerprint density at radius 2 is 1.90 bits per heavy atom. The van der Waals surface area contributed by atoms with E-state index in [2.05, 4.69) is 39.4 Å². The Labute approximate surface area is 81.8 Å². The molecule has 0 radical (unpaired) electrons. The first-order valence-corrected chi connectivity index (χ1v) is 3.28. The van der Waals surface area contributed by atoms with E-state index in [-0.39, 0.29) is 25.8 Å². The van der Waals surface area contributed by atoms with E-state index in [0.717, 1.165) is 10.9 Å². The zero-order chi connectivity index (χ0) is 6.91. The van der Waals surface area contributed by atoms with Gasteiger partial charge in [-0.25, -0.2) is 0 Å². The van der Waals surface area contributed by atoms with E-state index in [9.17, 15) is 0 Å². The number of rotatable bonds is 1. The van der Waals surface area contributed by atoms with Gasteiger partial charge in [0.05, 0.1) is 21.1 Å². The molecule has 1 nitrogen and oxygen atoms in total. The molecule has 0 N–H and O–H groups in total. The van der Waals surface area contributed by atoms with Crippen molar-refractivity contribution in [1.82, 2.24) is 0 Å². The summed E-state index contributed by atoms with van der Waals surface area (Å²) in [7, 11) is 6.58. The van der Waals surface area contributed by atoms with Crippen LogP contribution in [-0.2, 0) is 25.8 Å². The van der Waals surface area contributed by atoms with Gasteiger partial charge in [-0.05, 0) is 6.08 Å². The molecule has 0 spiro atoms. The molecule has 0 amide bonds. The summed E-state index contributed by atoms with van der Waals surface area (Å²) in [5.74, 6) is 0. The van der Waals surface area contributed by atoms with E-state index in [4.69, 9.17) is 0 Å². The molecule has 0 heterocycles. The molecule has 0 saturated heterocycles. The fourth-order valence-corrected chi connectivity index (χ4v) is 0.933. The third-order valence-corrected chi connectivity index (χ3v) is 1.61. The molecule has 0 atom stereocenters. The van der Waals surface area contributed by atoms with Crippen LogP contribution in [0.5, 0.6) is 0 Å². The van der Waals surface area contributed by atoms with E-state index in [0.29, 0.717) is 0 Å². The molecule has 0 fully saturated rings. The molecule has 0 unspecified atom stereocenters. The summed E-state index contributed by atoms with van der Waals surface area (Å²) in [5, 5.41) is 0. The van der Waals surface area contributed by atoms with E-state index in [1.165, 1.54) is 5.70 Å². The van der Waals surface area contributed by atoms with Gasteiger partial charge in [0.15, 0.2) is 0 Å². The molecule has 2 heteroatoms. The smallest absolute Gasteiger partial charge is 0.112 e. The SMILES string of the molecule is C[N+](C)(C)C1=CC=CC1.[Hf]. The van der Waals surface area contributed by atoms with Crippen molar-refractivity contribution in [3.63, 3.8) is 0 Å². The zero-order valence-electron chi connectivity index (χ0n) is 6.89. The van der Waals surface area contributed by atoms with Crippen molar-refractivity contribution in [3.8, 4) is 0 Å². The van der Waals surface area contributed by atoms with Gasteiger partial charge in [-0.1, -0.05) is 12.2 Å². The summed E-state index contributed by atoms with van der Waals surface area (Å²) in [5.41, 5.74) is 1.48. The first-order valence-electron chi connectivity index (χ1n) is 3.28. The minimum atomic E-state index is 0. The Morgan fingerprint density at radius 1 is 1.30 bits per heavy atom. The predicted molar refractivity (Wildman–Crippen MR) is 39.9 cm³/mol. The summed E-state index contributed by atoms with van der Waals surface area (Å²) in [6, 6.07) is 0. The minimum Gasteiger partial charge on any atom is -0.302 e. The van der Waals surface area contributed by atoms with Crippen molar-refractivity contribution in [1.29, 1.82) is 0 Å². The Bertz CT molecular complexity index is 163. The average molecular weight is 303 g/mol. The molecule has 0 aromatic carbocycles. The van der Waals surface area contributed by atoms with Crippen molar-refractivity contribution in [3.05, 3.63) is 23.9 Å². The van der Waals surface area contributed by atoms with Crippen LogP contribution in [-0.4, -0.2) is 25.6 Å². The number of nitrogens with zero attached hydrogens (tertiary/aromatic N) is 1. The van der Waals surface area contributed by atoms with Crippen LogP contribution >= 0.6 is 0 Å². The molecule has 0 saturated carbocycles. The van der Waals surface area contributed by atoms with Crippen LogP contribution in [0.4, 0.5) is 0 Å². The van der Waals surface area contributed by atoms with Gasteiger partial charge < -0.3 is 4.48 Å². The summed E-state index contributed by atoms with van der Waals surface area (Å²) in [6.45, 7) is 0. The number of hydrogen-bond acceptors (Lipinski definition) is 0. The first-order chi connectivity index (χ1) is 4.11. The van der Waals surface area contributed by atoms with Crippen LogP contribution in [0.15, 0.2) is 23.9 Å². The van der Waals surface area contributed by atoms with E-state index >= 15 is 0 Å². The first kappa shape index (κ1) is 10.3. The Morgan fingerprint density at radius 3 is 2.10 bits per heavy atom. The molecular formula is C8H14HfN+. The maximum Gasteiger partial charge on any atom is 0.112 e. The second kappa shape index (κ2) is 3.63. The Balaban J connectivity index is 0.000000810. The van der Waals surface area contributed by atoms with Crippen LogP contribution in [0.1, 0.15) is 6.42 Å². The number of allylic oxidation sites excluding steroid dienone is 3. The number of quaternary nitrogens is 1. The molecule has 0 aromatic rings. The third kappa shape index (κ3) is 2.51. The van der Waals surface area contributed by atoms with E-state index < -0.39 is 0 Å². The van der Waals surface area contributed by atoms with Crippen molar-refractivity contribution in [2.75, 3.05) is 21.1 Å². The van der Waals surface area contributed by atoms with Crippen molar-refractivity contribution >= 4 is 0 Å². The van der Waals surface area contributed by atoms with E-state index in [1.807, 2.05) is 0 Å². The quantitative estimate of drug-likeness (QED) is 0.509. The van der Waals surface area contributed by atoms with Crippen molar-refractivity contribution < 1.29 is 30.3 Å². The normalized spacial score (nSPS) is 16.5. The maximum atomic E-state index is 2.19. The molecule has 54 valence electrons. The second-order valence-corrected chi connectivity index (χ2v) is 3.30. The fraction of sp³-hybridized carbons (Fsp3) is 0.500. The van der Waals surface area contributed by atoms with Gasteiger partial charge in [0.25, 0.3) is 0 Å². The zero-order valence-corrected chi connectivity index (χ0v) is 10.5. The van der Waals surface area contributed by atoms with Gasteiger partial charge in [-0.3, -0.25) is 0 Å². The van der Waals surface area contributed by atoms with Gasteiger partial charge in [0.2, 0.25) is 0 Å². The molecule has 1 rings (SSSR count). The summed E-state index contributed by atoms with van der Waals surface area (Å²) >= 11 is 0. The fourth-order valence-electron chi connectivity index (χ4n) is 0.933. The van der Waals surface area contributed by atoms with Crippen LogP contribution < -0.4 is 0 Å². The van der Waals surface area contributed by atoms with Crippen molar-refractivity contribution in [2.24, 2.45) is 0 Å². The average Bonchev–Trinajstić information content (AvgIpc) is 2.08. The molecule has 1 aliphatic rings. The Kier molecular flexibility index (Phi) is 3.74. The molecule has 1 aliphatic carbocycles. The summed E-state index contributed by atoms with van der Waals surface area (Å²) in [6.07, 6.45) is 7.64. The summed E-state index contributed by atoms with van der Waals surface area (Å²) in [4.78, 5) is 0. The van der Waals surface area contributed by atoms with Gasteiger partial charge in [-0.15, -0.1) is 0 Å². The summed E-state index contributed by atoms with van der Waals surface area (Å²) < 4.78 is 0.965. The molecule has 0 aliphatic heterocycles. The largest absolute Gasteiger partial charge is 0.302 e. The molecule has 10 heavy (non-hydrogen) atoms.